The van der Waals surface area contributed by atoms with Gasteiger partial charge in [0.2, 0.25) is 10.0 Å². The van der Waals surface area contributed by atoms with Gasteiger partial charge in [0, 0.05) is 33.2 Å². The number of hydrogen-bond donors (Lipinski definition) is 0. The zero-order chi connectivity index (χ0) is 15.6. The van der Waals surface area contributed by atoms with Crippen LogP contribution in [0.15, 0.2) is 23.1 Å². The molecule has 5 nitrogen and oxygen atoms in total. The molecule has 1 aromatic carbocycles. The second-order valence-electron chi connectivity index (χ2n) is 4.77. The lowest BCUT2D eigenvalue weighted by molar-refractivity contribution is -0.00461. The van der Waals surface area contributed by atoms with Crippen molar-refractivity contribution in [3.8, 4) is 0 Å². The van der Waals surface area contributed by atoms with Gasteiger partial charge in [-0.25, -0.2) is 12.8 Å². The van der Waals surface area contributed by atoms with Gasteiger partial charge in [0.25, 0.3) is 0 Å². The SMILES string of the molecule is COC1CN(S(=O)(=O)c2cc(CCl)ccc2F)CC1OC. The lowest BCUT2D eigenvalue weighted by Gasteiger charge is -2.17. The number of rotatable bonds is 5. The molecule has 0 bridgehead atoms. The Hall–Kier alpha value is -0.730. The summed E-state index contributed by atoms with van der Waals surface area (Å²) in [5.74, 6) is -0.678. The average Bonchev–Trinajstić information content (AvgIpc) is 2.91. The maximum Gasteiger partial charge on any atom is 0.246 e. The van der Waals surface area contributed by atoms with Gasteiger partial charge in [0.15, 0.2) is 0 Å². The van der Waals surface area contributed by atoms with E-state index in [0.717, 1.165) is 6.07 Å². The van der Waals surface area contributed by atoms with Crippen molar-refractivity contribution in [3.05, 3.63) is 29.6 Å². The molecule has 0 saturated carbocycles. The minimum Gasteiger partial charge on any atom is -0.377 e. The van der Waals surface area contributed by atoms with E-state index in [-0.39, 0.29) is 36.1 Å². The summed E-state index contributed by atoms with van der Waals surface area (Å²) in [6.45, 7) is 0.254. The number of benzene rings is 1. The summed E-state index contributed by atoms with van der Waals surface area (Å²) < 4.78 is 50.6. The number of nitrogens with zero attached hydrogens (tertiary/aromatic N) is 1. The molecule has 0 aliphatic carbocycles. The van der Waals surface area contributed by atoms with E-state index in [4.69, 9.17) is 21.1 Å². The summed E-state index contributed by atoms with van der Waals surface area (Å²) in [7, 11) is -0.973. The van der Waals surface area contributed by atoms with Crippen LogP contribution in [-0.2, 0) is 25.4 Å². The van der Waals surface area contributed by atoms with Crippen LogP contribution in [0.1, 0.15) is 5.56 Å². The van der Waals surface area contributed by atoms with Crippen LogP contribution >= 0.6 is 11.6 Å². The van der Waals surface area contributed by atoms with E-state index in [0.29, 0.717) is 5.56 Å². The number of ether oxygens (including phenoxy) is 2. The predicted molar refractivity (Wildman–Crippen MR) is 76.3 cm³/mol. The molecule has 0 aromatic heterocycles. The molecule has 2 atom stereocenters. The van der Waals surface area contributed by atoms with Crippen molar-refractivity contribution in [1.29, 1.82) is 0 Å². The third-order valence-corrected chi connectivity index (χ3v) is 5.71. The van der Waals surface area contributed by atoms with Crippen molar-refractivity contribution >= 4 is 21.6 Å². The third kappa shape index (κ3) is 3.22. The molecule has 2 rings (SSSR count). The Kier molecular flexibility index (Phi) is 5.21. The van der Waals surface area contributed by atoms with E-state index in [9.17, 15) is 12.8 Å². The molecular formula is C13H17ClFNO4S. The Morgan fingerprint density at radius 2 is 1.86 bits per heavy atom. The van der Waals surface area contributed by atoms with Crippen LogP contribution in [0.3, 0.4) is 0 Å². The minimum absolute atomic E-state index is 0.115. The molecule has 118 valence electrons. The molecule has 0 spiro atoms. The van der Waals surface area contributed by atoms with Crippen LogP contribution in [0.5, 0.6) is 0 Å². The van der Waals surface area contributed by atoms with Gasteiger partial charge in [-0.2, -0.15) is 4.31 Å². The van der Waals surface area contributed by atoms with Crippen molar-refractivity contribution < 1.29 is 22.3 Å². The Bertz CT molecular complexity index is 598. The molecule has 1 heterocycles. The van der Waals surface area contributed by atoms with Crippen molar-refractivity contribution in [1.82, 2.24) is 4.31 Å². The number of hydrogen-bond acceptors (Lipinski definition) is 4. The summed E-state index contributed by atoms with van der Waals surface area (Å²) >= 11 is 5.68. The summed E-state index contributed by atoms with van der Waals surface area (Å²) in [4.78, 5) is -0.368. The quantitative estimate of drug-likeness (QED) is 0.766. The fourth-order valence-electron chi connectivity index (χ4n) is 2.33. The number of alkyl halides is 1. The Morgan fingerprint density at radius 1 is 1.29 bits per heavy atom. The Balaban J connectivity index is 2.35. The first-order chi connectivity index (χ1) is 9.93. The minimum atomic E-state index is -3.95. The maximum atomic E-state index is 13.9. The zero-order valence-corrected chi connectivity index (χ0v) is 13.3. The smallest absolute Gasteiger partial charge is 0.246 e. The first kappa shape index (κ1) is 16.6. The van der Waals surface area contributed by atoms with Gasteiger partial charge < -0.3 is 9.47 Å². The topological polar surface area (TPSA) is 55.8 Å². The third-order valence-electron chi connectivity index (χ3n) is 3.56. The normalized spacial score (nSPS) is 23.6. The molecule has 2 unspecified atom stereocenters. The monoisotopic (exact) mass is 337 g/mol. The van der Waals surface area contributed by atoms with Crippen LogP contribution in [0.2, 0.25) is 0 Å². The molecule has 1 aliphatic rings. The first-order valence-corrected chi connectivity index (χ1v) is 8.31. The molecule has 1 aromatic rings. The van der Waals surface area contributed by atoms with E-state index >= 15 is 0 Å². The molecule has 0 amide bonds. The molecule has 1 aliphatic heterocycles. The zero-order valence-electron chi connectivity index (χ0n) is 11.8. The van der Waals surface area contributed by atoms with Gasteiger partial charge >= 0.3 is 0 Å². The molecule has 0 radical (unpaired) electrons. The summed E-state index contributed by atoms with van der Waals surface area (Å²) in [5, 5.41) is 0. The maximum absolute atomic E-state index is 13.9. The van der Waals surface area contributed by atoms with E-state index in [1.165, 1.54) is 30.7 Å². The summed E-state index contributed by atoms with van der Waals surface area (Å²) in [5.41, 5.74) is 0.544. The molecule has 8 heteroatoms. The second kappa shape index (κ2) is 6.58. The highest BCUT2D eigenvalue weighted by Gasteiger charge is 2.40. The second-order valence-corrected chi connectivity index (χ2v) is 6.94. The largest absolute Gasteiger partial charge is 0.377 e. The van der Waals surface area contributed by atoms with Crippen molar-refractivity contribution in [2.24, 2.45) is 0 Å². The standard InChI is InChI=1S/C13H17ClFNO4S/c1-19-11-7-16(8-12(11)20-2)21(17,18)13-5-9(6-14)3-4-10(13)15/h3-5,11-12H,6-8H2,1-2H3. The Morgan fingerprint density at radius 3 is 2.33 bits per heavy atom. The number of methoxy groups -OCH3 is 2. The highest BCUT2D eigenvalue weighted by Crippen LogP contribution is 2.26. The lowest BCUT2D eigenvalue weighted by atomic mass is 10.2. The van der Waals surface area contributed by atoms with Crippen LogP contribution in [0, 0.1) is 5.82 Å². The van der Waals surface area contributed by atoms with E-state index in [2.05, 4.69) is 0 Å². The van der Waals surface area contributed by atoms with Crippen molar-refractivity contribution in [2.75, 3.05) is 27.3 Å². The van der Waals surface area contributed by atoms with Gasteiger partial charge in [-0.3, -0.25) is 0 Å². The van der Waals surface area contributed by atoms with Crippen molar-refractivity contribution in [3.63, 3.8) is 0 Å². The number of sulfonamides is 1. The number of halogens is 2. The van der Waals surface area contributed by atoms with Crippen LogP contribution in [0.4, 0.5) is 4.39 Å². The van der Waals surface area contributed by atoms with Gasteiger partial charge in [-0.15, -0.1) is 11.6 Å². The van der Waals surface area contributed by atoms with E-state index in [1.54, 1.807) is 0 Å². The first-order valence-electron chi connectivity index (χ1n) is 6.34. The Labute approximate surface area is 128 Å². The van der Waals surface area contributed by atoms with Gasteiger partial charge in [0.05, 0.1) is 12.2 Å². The summed E-state index contributed by atoms with van der Waals surface area (Å²) in [6.07, 6.45) is -0.743. The average molecular weight is 338 g/mol. The van der Waals surface area contributed by atoms with Crippen LogP contribution < -0.4 is 0 Å². The molecule has 21 heavy (non-hydrogen) atoms. The van der Waals surface area contributed by atoms with Gasteiger partial charge in [-0.1, -0.05) is 6.07 Å². The molecule has 1 saturated heterocycles. The van der Waals surface area contributed by atoms with Gasteiger partial charge in [-0.05, 0) is 17.7 Å². The summed E-state index contributed by atoms with van der Waals surface area (Å²) in [6, 6.07) is 3.84. The fraction of sp³-hybridized carbons (Fsp3) is 0.538. The highest BCUT2D eigenvalue weighted by atomic mass is 35.5. The fourth-order valence-corrected chi connectivity index (χ4v) is 4.07. The molecule has 0 N–H and O–H groups in total. The highest BCUT2D eigenvalue weighted by molar-refractivity contribution is 7.89. The van der Waals surface area contributed by atoms with Gasteiger partial charge in [0.1, 0.15) is 10.7 Å². The lowest BCUT2D eigenvalue weighted by Crippen LogP contribution is -2.31. The van der Waals surface area contributed by atoms with E-state index in [1.807, 2.05) is 0 Å². The van der Waals surface area contributed by atoms with Crippen LogP contribution in [-0.4, -0.2) is 52.2 Å². The van der Waals surface area contributed by atoms with Crippen molar-refractivity contribution in [2.45, 2.75) is 23.0 Å². The van der Waals surface area contributed by atoms with E-state index < -0.39 is 15.8 Å². The molecule has 1 fully saturated rings. The van der Waals surface area contributed by atoms with Crippen LogP contribution in [0.25, 0.3) is 0 Å². The predicted octanol–water partition coefficient (Wildman–Crippen LogP) is 1.60. The molecular weight excluding hydrogens is 321 g/mol.